The summed E-state index contributed by atoms with van der Waals surface area (Å²) in [5.41, 5.74) is 1.74. The highest BCUT2D eigenvalue weighted by atomic mass is 19.1. The van der Waals surface area contributed by atoms with Gasteiger partial charge in [-0.05, 0) is 38.4 Å². The van der Waals surface area contributed by atoms with Gasteiger partial charge in [-0.3, -0.25) is 9.58 Å². The monoisotopic (exact) mass is 328 g/mol. The second-order valence-electron chi connectivity index (χ2n) is 6.29. The minimum absolute atomic E-state index is 0.236. The van der Waals surface area contributed by atoms with Gasteiger partial charge in [-0.2, -0.15) is 5.10 Å². The van der Waals surface area contributed by atoms with Gasteiger partial charge in [0.1, 0.15) is 24.3 Å². The van der Waals surface area contributed by atoms with E-state index in [-0.39, 0.29) is 5.82 Å². The van der Waals surface area contributed by atoms with E-state index in [1.54, 1.807) is 12.7 Å². The molecular weight excluding hydrogens is 307 g/mol. The van der Waals surface area contributed by atoms with Crippen molar-refractivity contribution in [3.8, 4) is 0 Å². The number of rotatable bonds is 5. The Kier molecular flexibility index (Phi) is 4.02. The summed E-state index contributed by atoms with van der Waals surface area (Å²) in [6.07, 6.45) is 5.67. The van der Waals surface area contributed by atoms with Crippen LogP contribution in [0.25, 0.3) is 11.0 Å². The van der Waals surface area contributed by atoms with Crippen molar-refractivity contribution in [1.29, 1.82) is 0 Å². The van der Waals surface area contributed by atoms with Gasteiger partial charge in [0.25, 0.3) is 0 Å². The number of benzene rings is 1. The Morgan fingerprint density at radius 1 is 1.33 bits per heavy atom. The Balaban J connectivity index is 1.58. The number of hydrogen-bond acceptors (Lipinski definition) is 4. The smallest absolute Gasteiger partial charge is 0.137 e. The molecule has 126 valence electrons. The first-order chi connectivity index (χ1) is 11.7. The molecule has 0 amide bonds. The number of imidazole rings is 1. The maximum Gasteiger partial charge on any atom is 0.137 e. The molecular formula is C17H21FN6. The maximum absolute atomic E-state index is 13.5. The summed E-state index contributed by atoms with van der Waals surface area (Å²) in [6, 6.07) is 5.28. The van der Waals surface area contributed by atoms with Crippen molar-refractivity contribution in [2.75, 3.05) is 6.54 Å². The van der Waals surface area contributed by atoms with Crippen molar-refractivity contribution in [1.82, 2.24) is 29.2 Å². The highest BCUT2D eigenvalue weighted by molar-refractivity contribution is 5.76. The summed E-state index contributed by atoms with van der Waals surface area (Å²) in [4.78, 5) is 11.2. The fourth-order valence-electron chi connectivity index (χ4n) is 3.66. The van der Waals surface area contributed by atoms with E-state index < -0.39 is 0 Å². The number of hydrogen-bond donors (Lipinski definition) is 0. The van der Waals surface area contributed by atoms with Gasteiger partial charge in [-0.15, -0.1) is 0 Å². The molecule has 0 N–H and O–H groups in total. The predicted octanol–water partition coefficient (Wildman–Crippen LogP) is 2.45. The molecule has 0 bridgehead atoms. The van der Waals surface area contributed by atoms with E-state index in [4.69, 9.17) is 0 Å². The van der Waals surface area contributed by atoms with Crippen LogP contribution in [0, 0.1) is 5.82 Å². The van der Waals surface area contributed by atoms with E-state index >= 15 is 0 Å². The van der Waals surface area contributed by atoms with Gasteiger partial charge in [0.05, 0.1) is 24.1 Å². The van der Waals surface area contributed by atoms with Crippen molar-refractivity contribution < 1.29 is 4.39 Å². The third-order valence-corrected chi connectivity index (χ3v) is 4.81. The van der Waals surface area contributed by atoms with Crippen LogP contribution in [0.2, 0.25) is 0 Å². The van der Waals surface area contributed by atoms with Gasteiger partial charge in [-0.25, -0.2) is 14.4 Å². The van der Waals surface area contributed by atoms with Crippen molar-refractivity contribution in [3.63, 3.8) is 0 Å². The normalized spacial score (nSPS) is 18.7. The molecule has 7 heteroatoms. The van der Waals surface area contributed by atoms with Crippen LogP contribution < -0.4 is 0 Å². The number of aryl methyl sites for hydroxylation is 1. The lowest BCUT2D eigenvalue weighted by Gasteiger charge is -2.24. The molecule has 3 heterocycles. The Morgan fingerprint density at radius 3 is 3.04 bits per heavy atom. The zero-order chi connectivity index (χ0) is 16.5. The van der Waals surface area contributed by atoms with Crippen LogP contribution in [-0.2, 0) is 19.6 Å². The van der Waals surface area contributed by atoms with Gasteiger partial charge in [0, 0.05) is 18.7 Å². The lowest BCUT2D eigenvalue weighted by molar-refractivity contribution is 0.212. The molecule has 2 aromatic heterocycles. The van der Waals surface area contributed by atoms with Gasteiger partial charge in [-0.1, -0.05) is 0 Å². The van der Waals surface area contributed by atoms with Crippen LogP contribution in [0.15, 0.2) is 30.9 Å². The molecule has 1 atom stereocenters. The lowest BCUT2D eigenvalue weighted by atomic mass is 10.2. The van der Waals surface area contributed by atoms with Crippen LogP contribution in [0.3, 0.4) is 0 Å². The highest BCUT2D eigenvalue weighted by Crippen LogP contribution is 2.24. The van der Waals surface area contributed by atoms with Gasteiger partial charge < -0.3 is 4.57 Å². The molecule has 0 saturated carbocycles. The van der Waals surface area contributed by atoms with E-state index in [2.05, 4.69) is 31.5 Å². The second-order valence-corrected chi connectivity index (χ2v) is 6.29. The Hall–Kier alpha value is -2.28. The predicted molar refractivity (Wildman–Crippen MR) is 88.8 cm³/mol. The zero-order valence-corrected chi connectivity index (χ0v) is 13.8. The van der Waals surface area contributed by atoms with Crippen molar-refractivity contribution >= 4 is 11.0 Å². The summed E-state index contributed by atoms with van der Waals surface area (Å²) in [5.74, 6) is 0.767. The molecule has 1 aliphatic rings. The van der Waals surface area contributed by atoms with Crippen LogP contribution in [0.1, 0.15) is 25.6 Å². The first-order valence-electron chi connectivity index (χ1n) is 8.45. The van der Waals surface area contributed by atoms with Crippen LogP contribution in [0.4, 0.5) is 4.39 Å². The molecule has 1 aromatic carbocycles. The average Bonchev–Trinajstić information content (AvgIpc) is 3.28. The molecule has 1 fully saturated rings. The van der Waals surface area contributed by atoms with Crippen LogP contribution >= 0.6 is 0 Å². The van der Waals surface area contributed by atoms with E-state index in [0.29, 0.717) is 6.04 Å². The van der Waals surface area contributed by atoms with Crippen LogP contribution in [-0.4, -0.2) is 41.8 Å². The summed E-state index contributed by atoms with van der Waals surface area (Å²) in [7, 11) is 0. The topological polar surface area (TPSA) is 51.8 Å². The Bertz CT molecular complexity index is 825. The molecule has 0 aliphatic carbocycles. The summed E-state index contributed by atoms with van der Waals surface area (Å²) < 4.78 is 17.6. The SMILES string of the molecule is CCn1c(CN2CCC[C@H]2Cn2cncn2)nc2cc(F)ccc21. The van der Waals surface area contributed by atoms with Gasteiger partial charge in [0.2, 0.25) is 0 Å². The minimum atomic E-state index is -0.236. The third kappa shape index (κ3) is 2.80. The van der Waals surface area contributed by atoms with E-state index in [1.807, 2.05) is 10.7 Å². The van der Waals surface area contributed by atoms with Crippen molar-refractivity contribution in [3.05, 3.63) is 42.5 Å². The summed E-state index contributed by atoms with van der Waals surface area (Å²) in [5, 5.41) is 4.22. The average molecular weight is 328 g/mol. The number of nitrogens with zero attached hydrogens (tertiary/aromatic N) is 6. The molecule has 1 aliphatic heterocycles. The van der Waals surface area contributed by atoms with Crippen LogP contribution in [0.5, 0.6) is 0 Å². The Labute approximate surface area is 139 Å². The molecule has 0 radical (unpaired) electrons. The fourth-order valence-corrected chi connectivity index (χ4v) is 3.66. The molecule has 1 saturated heterocycles. The van der Waals surface area contributed by atoms with Crippen molar-refractivity contribution in [2.45, 2.75) is 45.4 Å². The van der Waals surface area contributed by atoms with Gasteiger partial charge >= 0.3 is 0 Å². The molecule has 0 spiro atoms. The highest BCUT2D eigenvalue weighted by Gasteiger charge is 2.26. The third-order valence-electron chi connectivity index (χ3n) is 4.81. The number of likely N-dealkylation sites (tertiary alicyclic amines) is 1. The fraction of sp³-hybridized carbons (Fsp3) is 0.471. The molecule has 24 heavy (non-hydrogen) atoms. The number of halogens is 1. The molecule has 4 rings (SSSR count). The molecule has 0 unspecified atom stereocenters. The first-order valence-corrected chi connectivity index (χ1v) is 8.45. The summed E-state index contributed by atoms with van der Waals surface area (Å²) in [6.45, 7) is 5.62. The second kappa shape index (κ2) is 6.32. The number of fused-ring (bicyclic) bond motifs is 1. The lowest BCUT2D eigenvalue weighted by Crippen LogP contribution is -2.33. The van der Waals surface area contributed by atoms with E-state index in [1.165, 1.54) is 18.6 Å². The standard InChI is InChI=1S/C17H21FN6/c1-2-24-16-6-5-13(18)8-15(16)21-17(24)10-22-7-3-4-14(22)9-23-12-19-11-20-23/h5-6,8,11-12,14H,2-4,7,9-10H2,1H3/t14-/m0/s1. The van der Waals surface area contributed by atoms with E-state index in [9.17, 15) is 4.39 Å². The van der Waals surface area contributed by atoms with E-state index in [0.717, 1.165) is 49.5 Å². The minimum Gasteiger partial charge on any atom is -0.327 e. The first kappa shape index (κ1) is 15.3. The molecule has 6 nitrogen and oxygen atoms in total. The molecule has 3 aromatic rings. The zero-order valence-electron chi connectivity index (χ0n) is 13.8. The summed E-state index contributed by atoms with van der Waals surface area (Å²) >= 11 is 0. The Morgan fingerprint density at radius 2 is 2.25 bits per heavy atom. The maximum atomic E-state index is 13.5. The quantitative estimate of drug-likeness (QED) is 0.722. The number of aromatic nitrogens is 5. The van der Waals surface area contributed by atoms with Gasteiger partial charge in [0.15, 0.2) is 0 Å². The largest absolute Gasteiger partial charge is 0.327 e. The van der Waals surface area contributed by atoms with Crippen molar-refractivity contribution in [2.24, 2.45) is 0 Å².